The van der Waals surface area contributed by atoms with Gasteiger partial charge in [-0.05, 0) is 42.7 Å². The highest BCUT2D eigenvalue weighted by Gasteiger charge is 2.33. The molecule has 0 radical (unpaired) electrons. The number of carbonyl (C=O) groups excluding carboxylic acids is 1. The monoisotopic (exact) mass is 406 g/mol. The smallest absolute Gasteiger partial charge is 0.227 e. The molecule has 1 aromatic heterocycles. The lowest BCUT2D eigenvalue weighted by Gasteiger charge is -2.24. The Balaban J connectivity index is 1.48. The van der Waals surface area contributed by atoms with E-state index < -0.39 is 0 Å². The normalized spacial score (nSPS) is 16.3. The quantitative estimate of drug-likeness (QED) is 0.562. The third-order valence-electron chi connectivity index (χ3n) is 5.53. The fourth-order valence-electron chi connectivity index (χ4n) is 4.05. The summed E-state index contributed by atoms with van der Waals surface area (Å²) in [6, 6.07) is 18.6. The number of nitrogens with zero attached hydrogens (tertiary/aromatic N) is 4. The van der Waals surface area contributed by atoms with E-state index in [1.54, 1.807) is 11.8 Å². The van der Waals surface area contributed by atoms with Gasteiger partial charge in [0, 0.05) is 13.1 Å². The van der Waals surface area contributed by atoms with E-state index in [1.807, 2.05) is 29.4 Å². The SMILES string of the molecule is CCn1c(SC)nnc1C1CCCN1C(=O)Cc1ccc(-c2ccccc2)cc1. The maximum atomic E-state index is 13.1. The molecule has 1 aliphatic heterocycles. The zero-order chi connectivity index (χ0) is 20.2. The van der Waals surface area contributed by atoms with E-state index in [4.69, 9.17) is 0 Å². The highest BCUT2D eigenvalue weighted by atomic mass is 32.2. The number of thioether (sulfide) groups is 1. The van der Waals surface area contributed by atoms with Crippen LogP contribution in [0.15, 0.2) is 59.8 Å². The molecule has 0 spiro atoms. The number of hydrogen-bond acceptors (Lipinski definition) is 4. The van der Waals surface area contributed by atoms with E-state index in [1.165, 1.54) is 11.1 Å². The molecule has 0 N–H and O–H groups in total. The number of rotatable bonds is 6. The molecule has 29 heavy (non-hydrogen) atoms. The third-order valence-corrected chi connectivity index (χ3v) is 6.20. The van der Waals surface area contributed by atoms with Crippen molar-refractivity contribution in [3.63, 3.8) is 0 Å². The first-order valence-electron chi connectivity index (χ1n) is 10.1. The van der Waals surface area contributed by atoms with Crippen LogP contribution in [0.2, 0.25) is 0 Å². The van der Waals surface area contributed by atoms with E-state index in [9.17, 15) is 4.79 Å². The van der Waals surface area contributed by atoms with Crippen molar-refractivity contribution in [3.8, 4) is 11.1 Å². The number of amides is 1. The summed E-state index contributed by atoms with van der Waals surface area (Å²) in [7, 11) is 0. The molecule has 1 fully saturated rings. The molecule has 0 saturated carbocycles. The summed E-state index contributed by atoms with van der Waals surface area (Å²) >= 11 is 1.60. The third kappa shape index (κ3) is 4.08. The standard InChI is InChI=1S/C23H26N4OS/c1-3-26-22(24-25-23(26)29-2)20-10-7-15-27(20)21(28)16-17-11-13-19(14-12-17)18-8-5-4-6-9-18/h4-6,8-9,11-14,20H,3,7,10,15-16H2,1-2H3. The topological polar surface area (TPSA) is 51.0 Å². The molecule has 1 atom stereocenters. The molecule has 1 unspecified atom stereocenters. The van der Waals surface area contributed by atoms with Crippen molar-refractivity contribution in [2.24, 2.45) is 0 Å². The van der Waals surface area contributed by atoms with Gasteiger partial charge in [0.2, 0.25) is 5.91 Å². The molecular formula is C23H26N4OS. The average molecular weight is 407 g/mol. The van der Waals surface area contributed by atoms with Crippen LogP contribution in [0.1, 0.15) is 37.2 Å². The molecule has 5 nitrogen and oxygen atoms in total. The van der Waals surface area contributed by atoms with Crippen molar-refractivity contribution in [1.82, 2.24) is 19.7 Å². The lowest BCUT2D eigenvalue weighted by Crippen LogP contribution is -2.33. The molecule has 0 aliphatic carbocycles. The molecule has 2 aromatic carbocycles. The Bertz CT molecular complexity index is 968. The molecule has 0 bridgehead atoms. The van der Waals surface area contributed by atoms with Crippen LogP contribution in [0, 0.1) is 0 Å². The minimum Gasteiger partial charge on any atom is -0.332 e. The predicted octanol–water partition coefficient (Wildman–Crippen LogP) is 4.59. The van der Waals surface area contributed by atoms with Crippen LogP contribution < -0.4 is 0 Å². The summed E-state index contributed by atoms with van der Waals surface area (Å²) in [6.45, 7) is 3.71. The lowest BCUT2D eigenvalue weighted by atomic mass is 10.0. The van der Waals surface area contributed by atoms with Crippen molar-refractivity contribution < 1.29 is 4.79 Å². The first-order chi connectivity index (χ1) is 14.2. The molecule has 1 saturated heterocycles. The molecular weight excluding hydrogens is 380 g/mol. The van der Waals surface area contributed by atoms with E-state index in [0.717, 1.165) is 42.5 Å². The Kier molecular flexibility index (Phi) is 6.00. The molecule has 1 amide bonds. The Morgan fingerprint density at radius 2 is 1.79 bits per heavy atom. The zero-order valence-corrected chi connectivity index (χ0v) is 17.7. The molecule has 4 rings (SSSR count). The van der Waals surface area contributed by atoms with Gasteiger partial charge in [0.1, 0.15) is 0 Å². The van der Waals surface area contributed by atoms with Gasteiger partial charge in [-0.2, -0.15) is 0 Å². The lowest BCUT2D eigenvalue weighted by molar-refractivity contribution is -0.131. The van der Waals surface area contributed by atoms with Crippen LogP contribution >= 0.6 is 11.8 Å². The molecule has 1 aliphatic rings. The number of benzene rings is 2. The second kappa shape index (κ2) is 8.82. The van der Waals surface area contributed by atoms with Gasteiger partial charge in [-0.15, -0.1) is 10.2 Å². The van der Waals surface area contributed by atoms with Gasteiger partial charge >= 0.3 is 0 Å². The number of hydrogen-bond donors (Lipinski definition) is 0. The van der Waals surface area contributed by atoms with E-state index in [0.29, 0.717) is 6.42 Å². The van der Waals surface area contributed by atoms with Gasteiger partial charge in [-0.25, -0.2) is 0 Å². The maximum Gasteiger partial charge on any atom is 0.227 e. The minimum absolute atomic E-state index is 0.0273. The molecule has 2 heterocycles. The van der Waals surface area contributed by atoms with Crippen molar-refractivity contribution in [2.45, 2.75) is 43.9 Å². The van der Waals surface area contributed by atoms with Crippen LogP contribution in [0.25, 0.3) is 11.1 Å². The van der Waals surface area contributed by atoms with Gasteiger partial charge in [0.15, 0.2) is 11.0 Å². The molecule has 150 valence electrons. The van der Waals surface area contributed by atoms with Gasteiger partial charge in [0.05, 0.1) is 12.5 Å². The zero-order valence-electron chi connectivity index (χ0n) is 16.9. The number of carbonyl (C=O) groups is 1. The fourth-order valence-corrected chi connectivity index (χ4v) is 4.62. The Labute approximate surface area is 176 Å². The summed E-state index contributed by atoms with van der Waals surface area (Å²) in [5, 5.41) is 9.64. The first kappa shape index (κ1) is 19.7. The maximum absolute atomic E-state index is 13.1. The van der Waals surface area contributed by atoms with E-state index in [2.05, 4.69) is 58.1 Å². The summed E-state index contributed by atoms with van der Waals surface area (Å²) < 4.78 is 2.13. The molecule has 3 aromatic rings. The Morgan fingerprint density at radius 3 is 2.48 bits per heavy atom. The summed E-state index contributed by atoms with van der Waals surface area (Å²) in [6.07, 6.45) is 4.39. The van der Waals surface area contributed by atoms with Crippen LogP contribution in [0.5, 0.6) is 0 Å². The second-order valence-electron chi connectivity index (χ2n) is 7.27. The van der Waals surface area contributed by atoms with Crippen molar-refractivity contribution in [2.75, 3.05) is 12.8 Å². The Morgan fingerprint density at radius 1 is 1.07 bits per heavy atom. The van der Waals surface area contributed by atoms with E-state index in [-0.39, 0.29) is 11.9 Å². The molecule has 6 heteroatoms. The average Bonchev–Trinajstić information content (AvgIpc) is 3.41. The minimum atomic E-state index is 0.0273. The van der Waals surface area contributed by atoms with Crippen LogP contribution in [-0.2, 0) is 17.8 Å². The largest absolute Gasteiger partial charge is 0.332 e. The second-order valence-corrected chi connectivity index (χ2v) is 8.05. The van der Waals surface area contributed by atoms with Gasteiger partial charge < -0.3 is 9.47 Å². The van der Waals surface area contributed by atoms with Crippen LogP contribution in [0.4, 0.5) is 0 Å². The highest BCUT2D eigenvalue weighted by molar-refractivity contribution is 7.98. The van der Waals surface area contributed by atoms with Crippen LogP contribution in [-0.4, -0.2) is 38.4 Å². The fraction of sp³-hybridized carbons (Fsp3) is 0.348. The summed E-state index contributed by atoms with van der Waals surface area (Å²) in [5.41, 5.74) is 3.40. The summed E-state index contributed by atoms with van der Waals surface area (Å²) in [5.74, 6) is 1.08. The first-order valence-corrected chi connectivity index (χ1v) is 11.3. The Hall–Kier alpha value is -2.60. The van der Waals surface area contributed by atoms with Crippen molar-refractivity contribution in [3.05, 3.63) is 66.0 Å². The number of likely N-dealkylation sites (tertiary alicyclic amines) is 1. The van der Waals surface area contributed by atoms with E-state index >= 15 is 0 Å². The van der Waals surface area contributed by atoms with Gasteiger partial charge in [-0.1, -0.05) is 66.4 Å². The number of aromatic nitrogens is 3. The predicted molar refractivity (Wildman–Crippen MR) is 117 cm³/mol. The van der Waals surface area contributed by atoms with Crippen molar-refractivity contribution >= 4 is 17.7 Å². The summed E-state index contributed by atoms with van der Waals surface area (Å²) in [4.78, 5) is 15.1. The van der Waals surface area contributed by atoms with Gasteiger partial charge in [-0.3, -0.25) is 4.79 Å². The van der Waals surface area contributed by atoms with Crippen LogP contribution in [0.3, 0.4) is 0 Å². The highest BCUT2D eigenvalue weighted by Crippen LogP contribution is 2.33. The van der Waals surface area contributed by atoms with Gasteiger partial charge in [0.25, 0.3) is 0 Å². The van der Waals surface area contributed by atoms with Crippen molar-refractivity contribution in [1.29, 1.82) is 0 Å².